The van der Waals surface area contributed by atoms with Crippen LogP contribution in [-0.2, 0) is 10.3 Å². The van der Waals surface area contributed by atoms with Crippen molar-refractivity contribution in [3.05, 3.63) is 64.8 Å². The van der Waals surface area contributed by atoms with Gasteiger partial charge in [-0.05, 0) is 19.4 Å². The maximum absolute atomic E-state index is 11.7. The number of amides is 1. The summed E-state index contributed by atoms with van der Waals surface area (Å²) in [6, 6.07) is 10.3. The van der Waals surface area contributed by atoms with Gasteiger partial charge < -0.3 is 10.2 Å². The summed E-state index contributed by atoms with van der Waals surface area (Å²) in [6.07, 6.45) is 3.17. The maximum Gasteiger partial charge on any atom is 0.247 e. The molecule has 2 heterocycles. The molecule has 1 aromatic heterocycles. The average Bonchev–Trinajstić information content (AvgIpc) is 3.02. The highest BCUT2D eigenvalue weighted by molar-refractivity contribution is 7.07. The molecular weight excluding hydrogens is 282 g/mol. The van der Waals surface area contributed by atoms with Crippen LogP contribution in [0, 0.1) is 0 Å². The van der Waals surface area contributed by atoms with Crippen LogP contribution in [0.5, 0.6) is 0 Å². The van der Waals surface area contributed by atoms with Crippen LogP contribution in [0.4, 0.5) is 0 Å². The Hall–Kier alpha value is -2.14. The molecule has 1 aliphatic rings. The maximum atomic E-state index is 11.7. The van der Waals surface area contributed by atoms with Gasteiger partial charge in [0.1, 0.15) is 6.17 Å². The Kier molecular flexibility index (Phi) is 3.51. The minimum absolute atomic E-state index is 0.0897. The first kappa shape index (κ1) is 13.8. The predicted octanol–water partition coefficient (Wildman–Crippen LogP) is 3.02. The van der Waals surface area contributed by atoms with Crippen molar-refractivity contribution in [2.75, 3.05) is 0 Å². The third-order valence-corrected chi connectivity index (χ3v) is 4.41. The molecule has 5 heteroatoms. The number of nitrogens with zero attached hydrogens (tertiary/aromatic N) is 2. The fourth-order valence-corrected chi connectivity index (χ4v) is 3.14. The molecule has 0 bridgehead atoms. The first-order chi connectivity index (χ1) is 10.1. The molecule has 0 fully saturated rings. The number of hydrogen-bond acceptors (Lipinski definition) is 4. The highest BCUT2D eigenvalue weighted by atomic mass is 32.1. The quantitative estimate of drug-likeness (QED) is 0.947. The van der Waals surface area contributed by atoms with E-state index in [4.69, 9.17) is 0 Å². The van der Waals surface area contributed by atoms with Crippen LogP contribution in [-0.4, -0.2) is 15.8 Å². The van der Waals surface area contributed by atoms with Gasteiger partial charge in [0.2, 0.25) is 5.91 Å². The van der Waals surface area contributed by atoms with E-state index in [1.54, 1.807) is 11.6 Å². The van der Waals surface area contributed by atoms with Gasteiger partial charge in [-0.15, -0.1) is 11.3 Å². The summed E-state index contributed by atoms with van der Waals surface area (Å²) in [5, 5.41) is 4.96. The van der Waals surface area contributed by atoms with E-state index in [1.165, 1.54) is 16.9 Å². The van der Waals surface area contributed by atoms with Gasteiger partial charge in [0.25, 0.3) is 0 Å². The minimum atomic E-state index is -0.264. The molecule has 1 atom stereocenters. The normalized spacial score (nSPS) is 18.7. The van der Waals surface area contributed by atoms with Crippen molar-refractivity contribution in [2.24, 2.45) is 0 Å². The Labute approximate surface area is 128 Å². The lowest BCUT2D eigenvalue weighted by Crippen LogP contribution is -2.49. The number of hydrogen-bond donors (Lipinski definition) is 1. The molecule has 0 radical (unpaired) electrons. The fraction of sp³-hybridized carbons (Fsp3) is 0.250. The number of rotatable bonds is 3. The van der Waals surface area contributed by atoms with E-state index in [0.717, 1.165) is 5.69 Å². The van der Waals surface area contributed by atoms with Gasteiger partial charge in [-0.2, -0.15) is 0 Å². The Morgan fingerprint density at radius 1 is 1.29 bits per heavy atom. The summed E-state index contributed by atoms with van der Waals surface area (Å²) in [5.41, 5.74) is 3.57. The lowest BCUT2D eigenvalue weighted by atomic mass is 9.91. The van der Waals surface area contributed by atoms with Crippen LogP contribution in [0.1, 0.15) is 31.3 Å². The zero-order valence-electron chi connectivity index (χ0n) is 12.0. The van der Waals surface area contributed by atoms with E-state index in [1.807, 2.05) is 29.8 Å². The molecule has 2 aromatic rings. The average molecular weight is 299 g/mol. The minimum Gasteiger partial charge on any atom is -0.343 e. The Bertz CT molecular complexity index is 649. The first-order valence-corrected chi connectivity index (χ1v) is 7.74. The van der Waals surface area contributed by atoms with E-state index in [2.05, 4.69) is 41.2 Å². The summed E-state index contributed by atoms with van der Waals surface area (Å²) < 4.78 is 0. The highest BCUT2D eigenvalue weighted by Gasteiger charge is 2.36. The smallest absolute Gasteiger partial charge is 0.247 e. The second-order valence-electron chi connectivity index (χ2n) is 5.47. The summed E-state index contributed by atoms with van der Waals surface area (Å²) in [6.45, 7) is 4.28. The third-order valence-electron chi connectivity index (χ3n) is 3.80. The fourth-order valence-electron chi connectivity index (χ4n) is 2.56. The molecule has 1 amide bonds. The van der Waals surface area contributed by atoms with Crippen molar-refractivity contribution in [1.82, 2.24) is 15.2 Å². The van der Waals surface area contributed by atoms with Crippen LogP contribution in [0.2, 0.25) is 0 Å². The molecule has 1 aliphatic heterocycles. The molecular formula is C16H17N3OS. The Morgan fingerprint density at radius 2 is 2.05 bits per heavy atom. The molecule has 0 spiro atoms. The van der Waals surface area contributed by atoms with Gasteiger partial charge in [0.15, 0.2) is 0 Å². The van der Waals surface area contributed by atoms with Gasteiger partial charge >= 0.3 is 0 Å². The van der Waals surface area contributed by atoms with Gasteiger partial charge in [0.05, 0.1) is 16.7 Å². The molecule has 1 aromatic carbocycles. The highest BCUT2D eigenvalue weighted by Crippen LogP contribution is 2.35. The van der Waals surface area contributed by atoms with E-state index in [9.17, 15) is 4.79 Å². The molecule has 1 unspecified atom stereocenters. The summed E-state index contributed by atoms with van der Waals surface area (Å²) in [7, 11) is 0. The van der Waals surface area contributed by atoms with Crippen molar-refractivity contribution in [1.29, 1.82) is 0 Å². The van der Waals surface area contributed by atoms with Crippen LogP contribution in [0.25, 0.3) is 0 Å². The number of carbonyl (C=O) groups excluding carboxylic acids is 1. The van der Waals surface area contributed by atoms with Crippen LogP contribution in [0.3, 0.4) is 0 Å². The molecule has 4 nitrogen and oxygen atoms in total. The topological polar surface area (TPSA) is 45.2 Å². The third kappa shape index (κ3) is 2.56. The monoisotopic (exact) mass is 299 g/mol. The second kappa shape index (κ2) is 5.33. The van der Waals surface area contributed by atoms with Gasteiger partial charge in [-0.25, -0.2) is 4.98 Å². The SMILES string of the molecule is CC(C)(c1ccccc1)N1C=CC(=O)NC1c1cscn1. The predicted molar refractivity (Wildman–Crippen MR) is 83.4 cm³/mol. The van der Waals surface area contributed by atoms with Crippen molar-refractivity contribution >= 4 is 17.2 Å². The first-order valence-electron chi connectivity index (χ1n) is 6.80. The standard InChI is InChI=1S/C16H17N3OS/c1-16(2,12-6-4-3-5-7-12)19-9-8-14(20)18-15(19)13-10-21-11-17-13/h3-11,15H,1-2H3,(H,18,20). The molecule has 0 saturated carbocycles. The Balaban J connectivity index is 2.01. The number of carbonyl (C=O) groups is 1. The molecule has 1 N–H and O–H groups in total. The van der Waals surface area contributed by atoms with Crippen molar-refractivity contribution in [2.45, 2.75) is 25.6 Å². The van der Waals surface area contributed by atoms with E-state index in [0.29, 0.717) is 0 Å². The number of thiazole rings is 1. The summed E-state index contributed by atoms with van der Waals surface area (Å²) in [5.74, 6) is -0.0897. The summed E-state index contributed by atoms with van der Waals surface area (Å²) >= 11 is 1.53. The zero-order valence-corrected chi connectivity index (χ0v) is 12.8. The number of benzene rings is 1. The molecule has 0 aliphatic carbocycles. The number of aromatic nitrogens is 1. The van der Waals surface area contributed by atoms with Crippen LogP contribution < -0.4 is 5.32 Å². The Morgan fingerprint density at radius 3 is 2.71 bits per heavy atom. The molecule has 21 heavy (non-hydrogen) atoms. The van der Waals surface area contributed by atoms with Crippen molar-refractivity contribution in [3.63, 3.8) is 0 Å². The molecule has 108 valence electrons. The zero-order chi connectivity index (χ0) is 14.9. The largest absolute Gasteiger partial charge is 0.343 e. The summed E-state index contributed by atoms with van der Waals surface area (Å²) in [4.78, 5) is 18.2. The van der Waals surface area contributed by atoms with Crippen molar-refractivity contribution in [3.8, 4) is 0 Å². The van der Waals surface area contributed by atoms with E-state index >= 15 is 0 Å². The second-order valence-corrected chi connectivity index (χ2v) is 6.19. The lowest BCUT2D eigenvalue weighted by molar-refractivity contribution is -0.120. The van der Waals surface area contributed by atoms with Crippen LogP contribution >= 0.6 is 11.3 Å². The lowest BCUT2D eigenvalue weighted by Gasteiger charge is -2.44. The molecule has 3 rings (SSSR count). The van der Waals surface area contributed by atoms with Crippen LogP contribution in [0.15, 0.2) is 53.5 Å². The van der Waals surface area contributed by atoms with Gasteiger partial charge in [-0.1, -0.05) is 30.3 Å². The van der Waals surface area contributed by atoms with Crippen molar-refractivity contribution < 1.29 is 4.79 Å². The van der Waals surface area contributed by atoms with Gasteiger partial charge in [-0.3, -0.25) is 4.79 Å². The van der Waals surface area contributed by atoms with Gasteiger partial charge in [0, 0.05) is 17.7 Å². The van der Waals surface area contributed by atoms with E-state index in [-0.39, 0.29) is 17.6 Å². The van der Waals surface area contributed by atoms with E-state index < -0.39 is 0 Å². The number of nitrogens with one attached hydrogen (secondary N) is 1. The molecule has 0 saturated heterocycles.